The molecule has 2 saturated heterocycles. The summed E-state index contributed by atoms with van der Waals surface area (Å²) < 4.78 is 142. The second kappa shape index (κ2) is 47.2. The van der Waals surface area contributed by atoms with Gasteiger partial charge in [0, 0.05) is 65.1 Å². The smallest absolute Gasteiger partial charge is 0.418 e. The van der Waals surface area contributed by atoms with Crippen molar-refractivity contribution in [2.75, 3.05) is 54.7 Å². The summed E-state index contributed by atoms with van der Waals surface area (Å²) in [7, 11) is -12.0. The number of allylic oxidation sites excluding steroid dienone is 9. The minimum atomic E-state index is -4.23. The fourth-order valence-electron chi connectivity index (χ4n) is 11.6. The van der Waals surface area contributed by atoms with Crippen LogP contribution in [-0.2, 0) is 171 Å². The molecule has 9 heterocycles. The molecule has 0 saturated carbocycles. The third kappa shape index (κ3) is 25.4. The Balaban J connectivity index is 0.000000310. The van der Waals surface area contributed by atoms with Crippen LogP contribution in [0.1, 0.15) is 81.8 Å². The number of thioether (sulfide) groups is 1. The minimum absolute atomic E-state index is 0.0128. The number of aldehydes is 3. The Morgan fingerprint density at radius 3 is 1.36 bits per heavy atom. The van der Waals surface area contributed by atoms with Gasteiger partial charge >= 0.3 is 16.3 Å². The van der Waals surface area contributed by atoms with Crippen molar-refractivity contribution in [3.8, 4) is 0 Å². The third-order valence-corrected chi connectivity index (χ3v) is 28.8. The normalized spacial score (nSPS) is 20.1. The molecule has 134 heavy (non-hydrogen) atoms. The zero-order chi connectivity index (χ0) is 102. The topological polar surface area (TPSA) is 614 Å². The molecule has 11 aliphatic rings. The molecule has 3 aromatic rings. The SMILES string of the molecule is C=C1C=C(OC=O)CC1.C=C1C=C(OC=O)CC1.C=C1C=C(OC=O)CO1.C=C1C=C(OC=O)CS1.C=C1N(C)C(=O)C(C=O)(/C(C)=N\OC)C(=O)N1C.CC1=CC(=O)N(C=O)S(=O)(=O)O1.CC1=NN(C)C(=O)C1(C)C=O.CN1C(=O)N(C)C(=O)C(C)(C=O)C1=O.Cc1ccc2c(c1)S(=O)(=O)N(C=O)C2=O.O=CN1Cc2ccccc2S1(=O)=O.O=CN1S(=O)(=O)c2ccccc2S1(=O)=O. The molecule has 718 valence electrons. The summed E-state index contributed by atoms with van der Waals surface area (Å²) in [5, 5.41) is 8.61. The number of aryl methyl sites for hydroxylation is 1. The number of nitrogens with zero attached hydrogens (tertiary/aromatic N) is 11. The zero-order valence-corrected chi connectivity index (χ0v) is 78.0. The first kappa shape index (κ1) is 111. The van der Waals surface area contributed by atoms with Crippen LogP contribution in [0.25, 0.3) is 0 Å². The number of barbiturate groups is 1. The van der Waals surface area contributed by atoms with Crippen LogP contribution >= 0.6 is 11.8 Å². The van der Waals surface area contributed by atoms with E-state index in [0.717, 1.165) is 107 Å². The van der Waals surface area contributed by atoms with E-state index in [1.165, 1.54) is 91.4 Å². The lowest BCUT2D eigenvalue weighted by atomic mass is 9.80. The van der Waals surface area contributed by atoms with Gasteiger partial charge in [0.25, 0.3) is 107 Å². The zero-order valence-electron chi connectivity index (χ0n) is 73.1. The summed E-state index contributed by atoms with van der Waals surface area (Å²) in [6.45, 7) is 29.2. The van der Waals surface area contributed by atoms with Crippen LogP contribution in [0, 0.1) is 23.2 Å². The summed E-state index contributed by atoms with van der Waals surface area (Å²) >= 11 is 1.57. The van der Waals surface area contributed by atoms with Crippen LogP contribution < -0.4 is 0 Å². The predicted octanol–water partition coefficient (Wildman–Crippen LogP) is 2.88. The van der Waals surface area contributed by atoms with Crippen LogP contribution in [0.4, 0.5) is 4.79 Å². The monoisotopic (exact) mass is 1980 g/mol. The number of sulfonamides is 4. The highest BCUT2D eigenvalue weighted by Gasteiger charge is 2.57. The molecule has 1 unspecified atom stereocenters. The van der Waals surface area contributed by atoms with Crippen molar-refractivity contribution in [3.05, 3.63) is 203 Å². The standard InChI is InChI=1S/C11H15N3O4.C9H7NO4S.C8H10N2O4.C8H7NO3S.C7H10N2O2.C7H5NO5S2.2C7H8O2.C6H6O3.C6H6O2S.C5H5NO5S/c1-7(12-18-5)11(6-15)9(16)13(3)8(2)14(4)10(11)17;1-6-2-3-7-8(4-6)15(13,14)10(5-11)9(7)12;1-8(4-11)5(12)9(2)7(14)10(3)6(8)13;10-6-9-5-7-3-1-2-4-8(7)13(9,11)12;1-5-7(2,4-10)6(11)9(3)8-5;9-5-8-14(10,11)6-3-1-2-4-7(6)15(8,12)13;2*1-6-2-3-7(4-6)9-5-8;1-5-2-6(3-8-5)9-4-7;1-5-2-6(3-9-5)8-4-7;1-4-2-5(8)6(3-7)12(9,10)11-4/h6H,2H2,1,3-5H3;2-5H,1H3;4H,1-3H3;1-4,6H,5H2;4H,1-3H3;1-5H;2*4-5H,1-3H2;2*2,4H,1,3H2;2-3H,1H3/b12-7-;;;;;;;;;;. The van der Waals surface area contributed by atoms with E-state index in [9.17, 15) is 133 Å². The molecule has 1 atom stereocenters. The quantitative estimate of drug-likeness (QED) is 0.0616. The number of hydrogen-bond donors (Lipinski definition) is 0. The summed E-state index contributed by atoms with van der Waals surface area (Å²) in [4.78, 5) is 214. The minimum Gasteiger partial charge on any atom is -0.486 e. The van der Waals surface area contributed by atoms with Crippen molar-refractivity contribution in [2.24, 2.45) is 26.5 Å². The number of hydrogen-bond acceptors (Lipinski definition) is 39. The number of benzene rings is 3. The molecule has 3 aromatic carbocycles. The van der Waals surface area contributed by atoms with Gasteiger partial charge < -0.3 is 56.9 Å². The molecular formula is C81H87N11O36S6. The molecule has 53 heteroatoms. The van der Waals surface area contributed by atoms with Gasteiger partial charge in [-0.2, -0.15) is 34.7 Å². The lowest BCUT2D eigenvalue weighted by molar-refractivity contribution is -0.158. The fourth-order valence-corrected chi connectivity index (χ4v) is 19.9. The number of amides is 13. The summed E-state index contributed by atoms with van der Waals surface area (Å²) in [5.41, 5.74) is -0.701. The molecule has 2 aliphatic carbocycles. The maximum absolute atomic E-state index is 12.2. The van der Waals surface area contributed by atoms with E-state index in [4.69, 9.17) is 4.74 Å². The Bertz CT molecular complexity index is 5950. The molecule has 2 fully saturated rings. The number of fused-ring (bicyclic) bond motifs is 3. The first-order chi connectivity index (χ1) is 62.5. The maximum Gasteiger partial charge on any atom is 0.418 e. The number of urea groups is 1. The van der Waals surface area contributed by atoms with Gasteiger partial charge in [-0.25, -0.2) is 30.9 Å². The molecule has 0 spiro atoms. The lowest BCUT2D eigenvalue weighted by Gasteiger charge is -2.41. The summed E-state index contributed by atoms with van der Waals surface area (Å²) in [6.07, 6.45) is 12.5. The second-order valence-corrected chi connectivity index (χ2v) is 38.0. The van der Waals surface area contributed by atoms with Crippen LogP contribution in [-0.4, -0.2) is 267 Å². The first-order valence-electron chi connectivity index (χ1n) is 37.4. The van der Waals surface area contributed by atoms with Gasteiger partial charge in [0.05, 0.1) is 34.2 Å². The van der Waals surface area contributed by atoms with Crippen LogP contribution in [0.15, 0.2) is 216 Å². The predicted molar refractivity (Wildman–Crippen MR) is 464 cm³/mol. The van der Waals surface area contributed by atoms with Crippen LogP contribution in [0.5, 0.6) is 0 Å². The Morgan fingerprint density at radius 1 is 0.507 bits per heavy atom. The first-order valence-corrected chi connectivity index (χ1v) is 45.5. The highest BCUT2D eigenvalue weighted by Crippen LogP contribution is 2.37. The largest absolute Gasteiger partial charge is 0.486 e. The number of oxime groups is 1. The Hall–Kier alpha value is -15.0. The van der Waals surface area contributed by atoms with Crippen molar-refractivity contribution in [2.45, 2.75) is 93.4 Å². The van der Waals surface area contributed by atoms with E-state index >= 15 is 0 Å². The fraction of sp³-hybridized carbons (Fsp3) is 0.272. The van der Waals surface area contributed by atoms with Gasteiger partial charge in [0.1, 0.15) is 86.8 Å². The Morgan fingerprint density at radius 2 is 0.985 bits per heavy atom. The van der Waals surface area contributed by atoms with E-state index in [-0.39, 0.29) is 99.0 Å². The molecule has 0 radical (unpaired) electrons. The molecule has 9 aliphatic heterocycles. The number of imide groups is 4. The van der Waals surface area contributed by atoms with Gasteiger partial charge in [0.15, 0.2) is 11.7 Å². The van der Waals surface area contributed by atoms with Crippen LogP contribution in [0.2, 0.25) is 0 Å². The molecule has 0 bridgehead atoms. The van der Waals surface area contributed by atoms with E-state index in [1.807, 2.05) is 0 Å². The highest BCUT2D eigenvalue weighted by molar-refractivity contribution is 8.07. The average molecular weight is 1980 g/mol. The van der Waals surface area contributed by atoms with Gasteiger partial charge in [-0.3, -0.25) is 81.7 Å². The Kier molecular flexibility index (Phi) is 39.2. The van der Waals surface area contributed by atoms with Crippen molar-refractivity contribution in [1.82, 2.24) is 41.2 Å². The number of hydrazone groups is 1. The third-order valence-electron chi connectivity index (χ3n) is 19.0. The second-order valence-electron chi connectivity index (χ2n) is 28.0. The molecule has 13 amide bonds. The summed E-state index contributed by atoms with van der Waals surface area (Å²) in [5.74, 6) is -0.859. The van der Waals surface area contributed by atoms with Crippen LogP contribution in [0.3, 0.4) is 0 Å². The van der Waals surface area contributed by atoms with Gasteiger partial charge in [-0.1, -0.05) is 85.6 Å². The highest BCUT2D eigenvalue weighted by atomic mass is 32.3. The summed E-state index contributed by atoms with van der Waals surface area (Å²) in [6, 6.07) is 15.4. The number of carbonyl (C=O) groups excluding carboxylic acids is 19. The van der Waals surface area contributed by atoms with E-state index in [2.05, 4.69) is 71.1 Å². The van der Waals surface area contributed by atoms with Crippen molar-refractivity contribution >= 4 is 191 Å². The van der Waals surface area contributed by atoms with Crippen molar-refractivity contribution in [3.63, 3.8) is 0 Å². The Labute approximate surface area is 771 Å². The van der Waals surface area contributed by atoms with E-state index < -0.39 is 108 Å². The molecule has 0 aromatic heterocycles. The van der Waals surface area contributed by atoms with Crippen molar-refractivity contribution < 1.29 is 166 Å². The number of ether oxygens (including phenoxy) is 5. The number of carbonyl (C=O) groups is 19. The maximum atomic E-state index is 12.2. The van der Waals surface area contributed by atoms with Crippen molar-refractivity contribution in [1.29, 1.82) is 0 Å². The number of rotatable bonds is 17. The van der Waals surface area contributed by atoms with Gasteiger partial charge in [-0.05, 0) is 114 Å². The van der Waals surface area contributed by atoms with E-state index in [0.29, 0.717) is 73.7 Å². The average Bonchev–Trinajstić information content (AvgIpc) is 1.63. The molecule has 14 rings (SSSR count). The molecule has 0 N–H and O–H groups in total. The van der Waals surface area contributed by atoms with E-state index in [1.54, 1.807) is 88.2 Å². The molecule has 47 nitrogen and oxygen atoms in total. The lowest BCUT2D eigenvalue weighted by Crippen LogP contribution is -2.62. The molecular weight excluding hydrogens is 1900 g/mol. The van der Waals surface area contributed by atoms with Gasteiger partial charge in [0.2, 0.25) is 31.1 Å². The van der Waals surface area contributed by atoms with Gasteiger partial charge in [-0.15, -0.1) is 19.8 Å².